The second-order valence-electron chi connectivity index (χ2n) is 7.54. The number of nitrogens with zero attached hydrogens (tertiary/aromatic N) is 1. The van der Waals surface area contributed by atoms with Gasteiger partial charge in [-0.25, -0.2) is 4.79 Å². The van der Waals surface area contributed by atoms with Crippen LogP contribution in [-0.4, -0.2) is 24.1 Å². The zero-order chi connectivity index (χ0) is 19.0. The number of aromatic nitrogens is 1. The van der Waals surface area contributed by atoms with Gasteiger partial charge in [0.2, 0.25) is 0 Å². The number of carbonyl (C=O) groups excluding carboxylic acids is 1. The lowest BCUT2D eigenvalue weighted by Crippen LogP contribution is -2.49. The highest BCUT2D eigenvalue weighted by Crippen LogP contribution is 2.53. The fraction of sp³-hybridized carbons (Fsp3) is 0.455. The number of esters is 1. The molecule has 1 atom stereocenters. The summed E-state index contributed by atoms with van der Waals surface area (Å²) in [6.45, 7) is 4.98. The van der Waals surface area contributed by atoms with Crippen LogP contribution in [0.3, 0.4) is 0 Å². The number of aryl methyl sites for hydroxylation is 1. The van der Waals surface area contributed by atoms with Gasteiger partial charge in [0.05, 0.1) is 29.6 Å². The van der Waals surface area contributed by atoms with Crippen LogP contribution in [0.15, 0.2) is 30.3 Å². The molecule has 0 radical (unpaired) electrons. The summed E-state index contributed by atoms with van der Waals surface area (Å²) in [6, 6.07) is 10.4. The summed E-state index contributed by atoms with van der Waals surface area (Å²) >= 11 is 6.11. The maximum Gasteiger partial charge on any atom is 0.339 e. The Hall–Kier alpha value is -1.33. The molecule has 7 heteroatoms. The summed E-state index contributed by atoms with van der Waals surface area (Å²) in [7, 11) is 0. The Morgan fingerprint density at radius 1 is 1.28 bits per heavy atom. The highest BCUT2D eigenvalue weighted by Gasteiger charge is 2.48. The van der Waals surface area contributed by atoms with Crippen LogP contribution in [0, 0.1) is 6.92 Å². The Bertz CT molecular complexity index is 867. The first-order valence-corrected chi connectivity index (χ1v) is 10.1. The molecule has 4 rings (SSSR count). The molecule has 4 nitrogen and oxygen atoms in total. The second kappa shape index (κ2) is 9.65. The van der Waals surface area contributed by atoms with Crippen LogP contribution < -0.4 is 5.32 Å². The molecule has 1 saturated carbocycles. The van der Waals surface area contributed by atoms with E-state index in [2.05, 4.69) is 17.4 Å². The largest absolute Gasteiger partial charge is 0.462 e. The molecular formula is C22H27Cl3N2O2. The lowest BCUT2D eigenvalue weighted by Gasteiger charge is -2.50. The summed E-state index contributed by atoms with van der Waals surface area (Å²) in [4.78, 5) is 17.2. The van der Waals surface area contributed by atoms with Gasteiger partial charge in [0.1, 0.15) is 0 Å². The lowest BCUT2D eigenvalue weighted by molar-refractivity contribution is 0.0524. The highest BCUT2D eigenvalue weighted by molar-refractivity contribution is 6.30. The van der Waals surface area contributed by atoms with E-state index in [0.29, 0.717) is 12.2 Å². The molecular weight excluding hydrogens is 431 g/mol. The molecule has 1 fully saturated rings. The smallest absolute Gasteiger partial charge is 0.339 e. The zero-order valence-electron chi connectivity index (χ0n) is 16.7. The molecule has 29 heavy (non-hydrogen) atoms. The van der Waals surface area contributed by atoms with Crippen LogP contribution in [0.4, 0.5) is 0 Å². The van der Waals surface area contributed by atoms with Crippen molar-refractivity contribution >= 4 is 42.4 Å². The Morgan fingerprint density at radius 3 is 2.55 bits per heavy atom. The molecule has 1 N–H and O–H groups in total. The Kier molecular flexibility index (Phi) is 7.97. The normalized spacial score (nSPS) is 19.1. The van der Waals surface area contributed by atoms with E-state index in [1.807, 2.05) is 32.0 Å². The number of ether oxygens (including phenoxy) is 1. The third kappa shape index (κ3) is 4.27. The summed E-state index contributed by atoms with van der Waals surface area (Å²) in [6.07, 6.45) is 4.36. The molecule has 0 amide bonds. The van der Waals surface area contributed by atoms with Crippen LogP contribution in [-0.2, 0) is 16.6 Å². The standard InChI is InChI=1S/C22H25ClN2O2.2ClH/c1-3-27-21(26)18-13-15-9-12-24-20(19(15)25-14(18)2)22(10-4-11-22)16-5-7-17(23)8-6-16;;/h5-8,13,20,24H,3-4,9-12H2,1-2H3;2*1H. The first kappa shape index (κ1) is 23.9. The number of carbonyl (C=O) groups is 1. The fourth-order valence-electron chi connectivity index (χ4n) is 4.52. The third-order valence-corrected chi connectivity index (χ3v) is 6.31. The van der Waals surface area contributed by atoms with E-state index in [1.54, 1.807) is 0 Å². The van der Waals surface area contributed by atoms with Gasteiger partial charge in [0, 0.05) is 10.4 Å². The molecule has 158 valence electrons. The number of hydrogen-bond acceptors (Lipinski definition) is 4. The first-order chi connectivity index (χ1) is 13.0. The van der Waals surface area contributed by atoms with Crippen LogP contribution >= 0.6 is 36.4 Å². The van der Waals surface area contributed by atoms with Crippen molar-refractivity contribution < 1.29 is 9.53 Å². The van der Waals surface area contributed by atoms with Crippen molar-refractivity contribution in [2.24, 2.45) is 0 Å². The predicted octanol–water partition coefficient (Wildman–Crippen LogP) is 5.37. The molecule has 1 aliphatic carbocycles. The minimum Gasteiger partial charge on any atom is -0.462 e. The highest BCUT2D eigenvalue weighted by atomic mass is 35.5. The summed E-state index contributed by atoms with van der Waals surface area (Å²) < 4.78 is 5.20. The van der Waals surface area contributed by atoms with Crippen molar-refractivity contribution in [1.29, 1.82) is 0 Å². The van der Waals surface area contributed by atoms with Gasteiger partial charge in [-0.2, -0.15) is 0 Å². The van der Waals surface area contributed by atoms with E-state index >= 15 is 0 Å². The van der Waals surface area contributed by atoms with Crippen molar-refractivity contribution in [1.82, 2.24) is 10.3 Å². The molecule has 1 aromatic carbocycles. The molecule has 2 aromatic rings. The fourth-order valence-corrected chi connectivity index (χ4v) is 4.65. The van der Waals surface area contributed by atoms with Crippen molar-refractivity contribution in [3.63, 3.8) is 0 Å². The molecule has 2 heterocycles. The van der Waals surface area contributed by atoms with Gasteiger partial charge in [0.15, 0.2) is 0 Å². The van der Waals surface area contributed by atoms with E-state index in [1.165, 1.54) is 12.0 Å². The monoisotopic (exact) mass is 456 g/mol. The van der Waals surface area contributed by atoms with Gasteiger partial charge in [-0.1, -0.05) is 30.2 Å². The summed E-state index contributed by atoms with van der Waals surface area (Å²) in [5, 5.41) is 4.48. The SMILES string of the molecule is CCOC(=O)c1cc2c(nc1C)C(C1(c3ccc(Cl)cc3)CCC1)NCC2.Cl.Cl. The molecule has 1 aliphatic heterocycles. The average molecular weight is 458 g/mol. The van der Waals surface area contributed by atoms with Crippen LogP contribution in [0.2, 0.25) is 5.02 Å². The molecule has 0 saturated heterocycles. The zero-order valence-corrected chi connectivity index (χ0v) is 19.1. The first-order valence-electron chi connectivity index (χ1n) is 9.72. The Balaban J connectivity index is 0.00000150. The number of benzene rings is 1. The molecule has 0 bridgehead atoms. The minimum absolute atomic E-state index is 0. The topological polar surface area (TPSA) is 51.2 Å². The molecule has 0 spiro atoms. The minimum atomic E-state index is -0.281. The Morgan fingerprint density at radius 2 is 1.97 bits per heavy atom. The number of fused-ring (bicyclic) bond motifs is 1. The van der Waals surface area contributed by atoms with Crippen molar-refractivity contribution in [2.45, 2.75) is 51.0 Å². The number of rotatable bonds is 4. The summed E-state index contributed by atoms with van der Waals surface area (Å²) in [5.41, 5.74) is 4.94. The van der Waals surface area contributed by atoms with Gasteiger partial charge in [0.25, 0.3) is 0 Å². The number of pyridine rings is 1. The van der Waals surface area contributed by atoms with Gasteiger partial charge in [-0.05, 0) is 69.0 Å². The number of hydrogen-bond donors (Lipinski definition) is 1. The van der Waals surface area contributed by atoms with E-state index in [-0.39, 0.29) is 42.2 Å². The maximum absolute atomic E-state index is 12.3. The third-order valence-electron chi connectivity index (χ3n) is 6.05. The van der Waals surface area contributed by atoms with Crippen molar-refractivity contribution in [2.75, 3.05) is 13.2 Å². The van der Waals surface area contributed by atoms with Crippen molar-refractivity contribution in [3.8, 4) is 0 Å². The quantitative estimate of drug-likeness (QED) is 0.627. The van der Waals surface area contributed by atoms with Crippen molar-refractivity contribution in [3.05, 3.63) is 63.4 Å². The van der Waals surface area contributed by atoms with Gasteiger partial charge in [-0.3, -0.25) is 4.98 Å². The van der Waals surface area contributed by atoms with Gasteiger partial charge < -0.3 is 10.1 Å². The average Bonchev–Trinajstić information content (AvgIpc) is 2.62. The van der Waals surface area contributed by atoms with Gasteiger partial charge >= 0.3 is 5.97 Å². The van der Waals surface area contributed by atoms with Crippen LogP contribution in [0.25, 0.3) is 0 Å². The van der Waals surface area contributed by atoms with Crippen LogP contribution in [0.5, 0.6) is 0 Å². The van der Waals surface area contributed by atoms with E-state index < -0.39 is 0 Å². The lowest BCUT2D eigenvalue weighted by atomic mass is 9.58. The van der Waals surface area contributed by atoms with E-state index in [0.717, 1.165) is 47.8 Å². The number of halogens is 3. The van der Waals surface area contributed by atoms with E-state index in [4.69, 9.17) is 21.3 Å². The predicted molar refractivity (Wildman–Crippen MR) is 121 cm³/mol. The molecule has 2 aliphatic rings. The maximum atomic E-state index is 12.3. The van der Waals surface area contributed by atoms with Crippen LogP contribution in [0.1, 0.15) is 65.1 Å². The molecule has 1 unspecified atom stereocenters. The second-order valence-corrected chi connectivity index (χ2v) is 7.98. The molecule has 1 aromatic heterocycles. The Labute approximate surface area is 189 Å². The summed E-state index contributed by atoms with van der Waals surface area (Å²) in [5.74, 6) is -0.281. The van der Waals surface area contributed by atoms with E-state index in [9.17, 15) is 4.79 Å². The van der Waals surface area contributed by atoms with Gasteiger partial charge in [-0.15, -0.1) is 24.8 Å². The number of nitrogens with one attached hydrogen (secondary N) is 1.